The zero-order valence-corrected chi connectivity index (χ0v) is 12.2. The quantitative estimate of drug-likeness (QED) is 0.820. The van der Waals surface area contributed by atoms with Gasteiger partial charge in [-0.05, 0) is 38.6 Å². The van der Waals surface area contributed by atoms with E-state index in [1.54, 1.807) is 12.1 Å². The Kier molecular flexibility index (Phi) is 5.36. The third-order valence-electron chi connectivity index (χ3n) is 3.45. The number of rotatable bonds is 7. The van der Waals surface area contributed by atoms with Gasteiger partial charge in [0.2, 0.25) is 0 Å². The largest absolute Gasteiger partial charge is 0.490 e. The molecule has 0 aliphatic carbocycles. The van der Waals surface area contributed by atoms with E-state index in [-0.39, 0.29) is 11.9 Å². The Labute approximate surface area is 119 Å². The van der Waals surface area contributed by atoms with E-state index < -0.39 is 0 Å². The molecule has 0 saturated carbocycles. The van der Waals surface area contributed by atoms with Crippen molar-refractivity contribution in [2.75, 3.05) is 13.6 Å². The van der Waals surface area contributed by atoms with Crippen LogP contribution >= 0.6 is 0 Å². The van der Waals surface area contributed by atoms with Crippen LogP contribution in [0, 0.1) is 5.82 Å². The Morgan fingerprint density at radius 1 is 1.10 bits per heavy atom. The molecule has 0 radical (unpaired) electrons. The van der Waals surface area contributed by atoms with Crippen molar-refractivity contribution in [2.24, 2.45) is 0 Å². The summed E-state index contributed by atoms with van der Waals surface area (Å²) in [6.07, 6.45) is 3.21. The summed E-state index contributed by atoms with van der Waals surface area (Å²) in [7, 11) is 1.94. The average Bonchev–Trinajstić information content (AvgIpc) is 2.48. The van der Waals surface area contributed by atoms with Crippen LogP contribution in [0.1, 0.15) is 26.2 Å². The van der Waals surface area contributed by atoms with E-state index >= 15 is 0 Å². The first kappa shape index (κ1) is 14.8. The van der Waals surface area contributed by atoms with Crippen LogP contribution in [0.25, 0.3) is 10.8 Å². The van der Waals surface area contributed by atoms with Crippen LogP contribution in [0.15, 0.2) is 36.4 Å². The summed E-state index contributed by atoms with van der Waals surface area (Å²) in [4.78, 5) is 0. The third kappa shape index (κ3) is 3.48. The van der Waals surface area contributed by atoms with E-state index in [9.17, 15) is 4.39 Å². The topological polar surface area (TPSA) is 21.3 Å². The van der Waals surface area contributed by atoms with Gasteiger partial charge in [-0.3, -0.25) is 0 Å². The van der Waals surface area contributed by atoms with Gasteiger partial charge in [-0.15, -0.1) is 0 Å². The SMILES string of the molecule is CCCC(CCNC)Oc1ccc(F)c2ccccc12. The van der Waals surface area contributed by atoms with Gasteiger partial charge in [-0.25, -0.2) is 4.39 Å². The third-order valence-corrected chi connectivity index (χ3v) is 3.45. The van der Waals surface area contributed by atoms with Crippen molar-refractivity contribution in [1.29, 1.82) is 0 Å². The molecule has 0 amide bonds. The first-order valence-corrected chi connectivity index (χ1v) is 7.24. The molecule has 0 heterocycles. The van der Waals surface area contributed by atoms with Crippen molar-refractivity contribution in [2.45, 2.75) is 32.3 Å². The van der Waals surface area contributed by atoms with Crippen molar-refractivity contribution < 1.29 is 9.13 Å². The maximum absolute atomic E-state index is 13.8. The molecule has 0 bridgehead atoms. The van der Waals surface area contributed by atoms with Crippen molar-refractivity contribution in [3.8, 4) is 5.75 Å². The number of nitrogens with one attached hydrogen (secondary N) is 1. The molecule has 0 fully saturated rings. The lowest BCUT2D eigenvalue weighted by Crippen LogP contribution is -2.22. The minimum atomic E-state index is -0.199. The highest BCUT2D eigenvalue weighted by Gasteiger charge is 2.12. The summed E-state index contributed by atoms with van der Waals surface area (Å²) in [6.45, 7) is 3.07. The van der Waals surface area contributed by atoms with Gasteiger partial charge in [0, 0.05) is 10.8 Å². The first-order chi connectivity index (χ1) is 9.76. The van der Waals surface area contributed by atoms with Crippen LogP contribution in [-0.2, 0) is 0 Å². The molecule has 2 rings (SSSR count). The Bertz CT molecular complexity index is 556. The summed E-state index contributed by atoms with van der Waals surface area (Å²) in [5, 5.41) is 4.61. The lowest BCUT2D eigenvalue weighted by molar-refractivity contribution is 0.182. The van der Waals surface area contributed by atoms with Gasteiger partial charge in [0.1, 0.15) is 11.6 Å². The fraction of sp³-hybridized carbons (Fsp3) is 0.412. The van der Waals surface area contributed by atoms with Crippen LogP contribution < -0.4 is 10.1 Å². The molecule has 1 atom stereocenters. The second kappa shape index (κ2) is 7.25. The van der Waals surface area contributed by atoms with E-state index in [1.165, 1.54) is 6.07 Å². The number of halogens is 1. The average molecular weight is 275 g/mol. The Hall–Kier alpha value is -1.61. The highest BCUT2D eigenvalue weighted by Crippen LogP contribution is 2.29. The van der Waals surface area contributed by atoms with E-state index in [2.05, 4.69) is 12.2 Å². The van der Waals surface area contributed by atoms with Crippen LogP contribution in [-0.4, -0.2) is 19.7 Å². The molecule has 1 unspecified atom stereocenters. The molecule has 0 aliphatic heterocycles. The number of ether oxygens (including phenoxy) is 1. The van der Waals surface area contributed by atoms with Crippen LogP contribution in [0.5, 0.6) is 5.75 Å². The smallest absolute Gasteiger partial charge is 0.131 e. The van der Waals surface area contributed by atoms with Gasteiger partial charge in [0.15, 0.2) is 0 Å². The molecular formula is C17H22FNO. The second-order valence-electron chi connectivity index (χ2n) is 5.01. The lowest BCUT2D eigenvalue weighted by Gasteiger charge is -2.20. The summed E-state index contributed by atoms with van der Waals surface area (Å²) in [5.74, 6) is 0.576. The van der Waals surface area contributed by atoms with Gasteiger partial charge in [-0.1, -0.05) is 37.6 Å². The van der Waals surface area contributed by atoms with Crippen molar-refractivity contribution in [1.82, 2.24) is 5.32 Å². The fourth-order valence-corrected chi connectivity index (χ4v) is 2.41. The van der Waals surface area contributed by atoms with Gasteiger partial charge < -0.3 is 10.1 Å². The van der Waals surface area contributed by atoms with Gasteiger partial charge in [-0.2, -0.15) is 0 Å². The zero-order valence-electron chi connectivity index (χ0n) is 12.2. The number of fused-ring (bicyclic) bond motifs is 1. The molecule has 2 nitrogen and oxygen atoms in total. The first-order valence-electron chi connectivity index (χ1n) is 7.24. The molecule has 0 saturated heterocycles. The number of hydrogen-bond acceptors (Lipinski definition) is 2. The monoisotopic (exact) mass is 275 g/mol. The van der Waals surface area contributed by atoms with Crippen LogP contribution in [0.4, 0.5) is 4.39 Å². The van der Waals surface area contributed by atoms with Gasteiger partial charge in [0.25, 0.3) is 0 Å². The van der Waals surface area contributed by atoms with Crippen molar-refractivity contribution in [3.63, 3.8) is 0 Å². The maximum atomic E-state index is 13.8. The molecule has 20 heavy (non-hydrogen) atoms. The molecule has 0 aliphatic rings. The van der Waals surface area contributed by atoms with Crippen molar-refractivity contribution >= 4 is 10.8 Å². The minimum Gasteiger partial charge on any atom is -0.490 e. The van der Waals surface area contributed by atoms with E-state index in [1.807, 2.05) is 25.2 Å². The van der Waals surface area contributed by atoms with Crippen molar-refractivity contribution in [3.05, 3.63) is 42.2 Å². The predicted molar refractivity (Wildman–Crippen MR) is 81.8 cm³/mol. The zero-order chi connectivity index (χ0) is 14.4. The molecule has 0 aromatic heterocycles. The highest BCUT2D eigenvalue weighted by molar-refractivity contribution is 5.88. The second-order valence-corrected chi connectivity index (χ2v) is 5.01. The molecule has 0 spiro atoms. The summed E-state index contributed by atoms with van der Waals surface area (Å²) in [5.41, 5.74) is 0. The number of hydrogen-bond donors (Lipinski definition) is 1. The molecule has 2 aromatic carbocycles. The molecule has 3 heteroatoms. The Morgan fingerprint density at radius 2 is 1.85 bits per heavy atom. The Balaban J connectivity index is 2.25. The minimum absolute atomic E-state index is 0.168. The number of benzene rings is 2. The van der Waals surface area contributed by atoms with Crippen LogP contribution in [0.2, 0.25) is 0 Å². The molecule has 108 valence electrons. The van der Waals surface area contributed by atoms with E-state index in [0.717, 1.165) is 36.9 Å². The predicted octanol–water partition coefficient (Wildman–Crippen LogP) is 4.14. The standard InChI is InChI=1S/C17H22FNO/c1-3-6-13(11-12-19-2)20-17-10-9-16(18)14-7-4-5-8-15(14)17/h4-5,7-10,13,19H,3,6,11-12H2,1-2H3. The molecule has 1 N–H and O–H groups in total. The molecular weight excluding hydrogens is 253 g/mol. The molecule has 2 aromatic rings. The fourth-order valence-electron chi connectivity index (χ4n) is 2.41. The lowest BCUT2D eigenvalue weighted by atomic mass is 10.1. The van der Waals surface area contributed by atoms with E-state index in [4.69, 9.17) is 4.74 Å². The normalized spacial score (nSPS) is 12.6. The summed E-state index contributed by atoms with van der Waals surface area (Å²) < 4.78 is 19.9. The maximum Gasteiger partial charge on any atom is 0.131 e. The van der Waals surface area contributed by atoms with Crippen LogP contribution in [0.3, 0.4) is 0 Å². The van der Waals surface area contributed by atoms with Gasteiger partial charge >= 0.3 is 0 Å². The highest BCUT2D eigenvalue weighted by atomic mass is 19.1. The summed E-state index contributed by atoms with van der Waals surface area (Å²) in [6, 6.07) is 10.7. The summed E-state index contributed by atoms with van der Waals surface area (Å²) >= 11 is 0. The van der Waals surface area contributed by atoms with Gasteiger partial charge in [0.05, 0.1) is 6.10 Å². The Morgan fingerprint density at radius 3 is 2.55 bits per heavy atom. The van der Waals surface area contributed by atoms with E-state index in [0.29, 0.717) is 5.39 Å².